The first-order valence-corrected chi connectivity index (χ1v) is 7.37. The normalized spacial score (nSPS) is 9.74. The van der Waals surface area contributed by atoms with Gasteiger partial charge in [-0.25, -0.2) is 4.79 Å². The molecule has 13 heteroatoms. The second kappa shape index (κ2) is 16.7. The largest absolute Gasteiger partial charge is 0.481 e. The van der Waals surface area contributed by atoms with E-state index >= 15 is 0 Å². The number of hydrogen-bond donors (Lipinski definition) is 8. The van der Waals surface area contributed by atoms with Gasteiger partial charge in [-0.2, -0.15) is 0 Å². The van der Waals surface area contributed by atoms with Crippen LogP contribution in [-0.4, -0.2) is 89.5 Å². The minimum atomic E-state index is -2.74. The minimum Gasteiger partial charge on any atom is -0.481 e. The number of aliphatic hydroxyl groups is 3. The van der Waals surface area contributed by atoms with Crippen LogP contribution in [0.15, 0.2) is 0 Å². The predicted molar refractivity (Wildman–Crippen MR) is 85.0 cm³/mol. The average Bonchev–Trinajstić information content (AvgIpc) is 2.50. The van der Waals surface area contributed by atoms with Crippen LogP contribution in [0.4, 0.5) is 0 Å². The van der Waals surface area contributed by atoms with E-state index in [2.05, 4.69) is 0 Å². The third kappa shape index (κ3) is 23.2. The van der Waals surface area contributed by atoms with Gasteiger partial charge in [-0.05, 0) is 12.8 Å². The van der Waals surface area contributed by atoms with E-state index in [-0.39, 0.29) is 26.1 Å². The molecule has 158 valence electrons. The van der Waals surface area contributed by atoms with E-state index < -0.39 is 48.3 Å². The highest BCUT2D eigenvalue weighted by molar-refractivity contribution is 5.88. The van der Waals surface area contributed by atoms with Crippen molar-refractivity contribution in [1.82, 2.24) is 0 Å². The van der Waals surface area contributed by atoms with Crippen LogP contribution in [0.2, 0.25) is 0 Å². The van der Waals surface area contributed by atoms with Crippen LogP contribution in [0.25, 0.3) is 0 Å². The number of aliphatic carboxylic acids is 5. The van der Waals surface area contributed by atoms with E-state index in [1.807, 2.05) is 0 Å². The lowest BCUT2D eigenvalue weighted by molar-refractivity contribution is -0.170. The van der Waals surface area contributed by atoms with Crippen LogP contribution >= 0.6 is 0 Å². The Bertz CT molecular complexity index is 451. The number of carboxylic acid groups (broad SMARTS) is 5. The maximum atomic E-state index is 10.3. The molecule has 0 unspecified atom stereocenters. The van der Waals surface area contributed by atoms with Crippen molar-refractivity contribution in [2.24, 2.45) is 0 Å². The van der Waals surface area contributed by atoms with Crippen molar-refractivity contribution < 1.29 is 64.8 Å². The van der Waals surface area contributed by atoms with E-state index in [0.29, 0.717) is 0 Å². The second-order valence-corrected chi connectivity index (χ2v) is 4.92. The number of carbonyl (C=O) groups is 5. The van der Waals surface area contributed by atoms with Crippen LogP contribution < -0.4 is 0 Å². The van der Waals surface area contributed by atoms with E-state index in [1.165, 1.54) is 0 Å². The molecule has 0 amide bonds. The van der Waals surface area contributed by atoms with E-state index in [9.17, 15) is 24.0 Å². The van der Waals surface area contributed by atoms with Crippen LogP contribution in [0, 0.1) is 0 Å². The van der Waals surface area contributed by atoms with Crippen molar-refractivity contribution in [3.8, 4) is 0 Å². The molecule has 0 aromatic rings. The van der Waals surface area contributed by atoms with Crippen molar-refractivity contribution in [3.63, 3.8) is 0 Å². The number of rotatable bonds is 11. The zero-order valence-corrected chi connectivity index (χ0v) is 14.3. The molecule has 0 rings (SSSR count). The number of hydrogen-bond acceptors (Lipinski definition) is 8. The van der Waals surface area contributed by atoms with Gasteiger partial charge in [-0.1, -0.05) is 0 Å². The summed E-state index contributed by atoms with van der Waals surface area (Å²) in [5.74, 6) is -7.17. The Labute approximate surface area is 153 Å². The predicted octanol–water partition coefficient (Wildman–Crippen LogP) is -1.56. The van der Waals surface area contributed by atoms with Crippen LogP contribution in [-0.2, 0) is 24.0 Å². The molecule has 0 aliphatic rings. The first-order valence-electron chi connectivity index (χ1n) is 7.37. The Morgan fingerprint density at radius 2 is 0.889 bits per heavy atom. The van der Waals surface area contributed by atoms with Crippen LogP contribution in [0.1, 0.15) is 38.5 Å². The van der Waals surface area contributed by atoms with Gasteiger partial charge in [0.2, 0.25) is 0 Å². The van der Waals surface area contributed by atoms with Crippen molar-refractivity contribution in [2.45, 2.75) is 44.1 Å². The Kier molecular flexibility index (Phi) is 17.9. The molecular formula is C14H24O13. The molecule has 0 fully saturated rings. The second-order valence-electron chi connectivity index (χ2n) is 4.92. The number of unbranched alkanes of at least 4 members (excludes halogenated alkanes) is 1. The highest BCUT2D eigenvalue weighted by atomic mass is 16.4. The summed E-state index contributed by atoms with van der Waals surface area (Å²) in [4.78, 5) is 49.8. The third-order valence-electron chi connectivity index (χ3n) is 2.40. The van der Waals surface area contributed by atoms with Crippen molar-refractivity contribution >= 4 is 29.8 Å². The zero-order valence-electron chi connectivity index (χ0n) is 14.3. The SMILES string of the molecule is O=C(O)CC(O)(CC(=O)O)C(=O)O.O=C(O)CCC(=O)O.OCCCCO. The molecule has 27 heavy (non-hydrogen) atoms. The van der Waals surface area contributed by atoms with Crippen LogP contribution in [0.5, 0.6) is 0 Å². The first kappa shape index (κ1) is 29.0. The number of carboxylic acids is 5. The van der Waals surface area contributed by atoms with Crippen molar-refractivity contribution in [3.05, 3.63) is 0 Å². The van der Waals surface area contributed by atoms with Gasteiger partial charge >= 0.3 is 29.8 Å². The molecule has 0 aliphatic carbocycles. The molecule has 0 bridgehead atoms. The fourth-order valence-electron chi connectivity index (χ4n) is 1.15. The van der Waals surface area contributed by atoms with Gasteiger partial charge in [0, 0.05) is 13.2 Å². The highest BCUT2D eigenvalue weighted by Gasteiger charge is 2.40. The summed E-state index contributed by atoms with van der Waals surface area (Å²) in [6.45, 7) is 0.390. The molecule has 0 heterocycles. The first-order chi connectivity index (χ1) is 12.3. The van der Waals surface area contributed by atoms with Gasteiger partial charge in [0.15, 0.2) is 5.60 Å². The van der Waals surface area contributed by atoms with Gasteiger partial charge in [0.1, 0.15) is 0 Å². The van der Waals surface area contributed by atoms with Gasteiger partial charge in [0.05, 0.1) is 25.7 Å². The molecule has 0 aliphatic heterocycles. The van der Waals surface area contributed by atoms with Crippen molar-refractivity contribution in [1.29, 1.82) is 0 Å². The molecular weight excluding hydrogens is 376 g/mol. The lowest BCUT2D eigenvalue weighted by atomic mass is 9.96. The summed E-state index contributed by atoms with van der Waals surface area (Å²) in [5.41, 5.74) is -2.74. The quantitative estimate of drug-likeness (QED) is 0.183. The Balaban J connectivity index is -0.000000351. The molecule has 0 atom stereocenters. The zero-order chi connectivity index (χ0) is 22.0. The molecule has 0 radical (unpaired) electrons. The topological polar surface area (TPSA) is 247 Å². The van der Waals surface area contributed by atoms with Gasteiger partial charge in [-0.3, -0.25) is 19.2 Å². The third-order valence-corrected chi connectivity index (χ3v) is 2.40. The smallest absolute Gasteiger partial charge is 0.336 e. The van der Waals surface area contributed by atoms with Crippen molar-refractivity contribution in [2.75, 3.05) is 13.2 Å². The van der Waals surface area contributed by atoms with Crippen LogP contribution in [0.3, 0.4) is 0 Å². The van der Waals surface area contributed by atoms with E-state index in [4.69, 9.17) is 40.9 Å². The minimum absolute atomic E-state index is 0.195. The molecule has 8 N–H and O–H groups in total. The summed E-state index contributed by atoms with van der Waals surface area (Å²) in [6, 6.07) is 0. The lowest BCUT2D eigenvalue weighted by Gasteiger charge is -2.18. The summed E-state index contributed by atoms with van der Waals surface area (Å²) in [6.07, 6.45) is -1.44. The van der Waals surface area contributed by atoms with Gasteiger partial charge < -0.3 is 40.9 Å². The summed E-state index contributed by atoms with van der Waals surface area (Å²) >= 11 is 0. The Morgan fingerprint density at radius 1 is 0.593 bits per heavy atom. The maximum Gasteiger partial charge on any atom is 0.336 e. The maximum absolute atomic E-state index is 10.3. The average molecular weight is 400 g/mol. The van der Waals surface area contributed by atoms with Gasteiger partial charge in [-0.15, -0.1) is 0 Å². The monoisotopic (exact) mass is 400 g/mol. The summed E-state index contributed by atoms with van der Waals surface area (Å²) in [5, 5.41) is 65.8. The molecule has 0 aromatic carbocycles. The summed E-state index contributed by atoms with van der Waals surface area (Å²) in [7, 11) is 0. The molecule has 13 nitrogen and oxygen atoms in total. The molecule has 0 aromatic heterocycles. The Hall–Kier alpha value is -2.77. The summed E-state index contributed by atoms with van der Waals surface area (Å²) < 4.78 is 0. The molecule has 0 saturated heterocycles. The molecule has 0 spiro atoms. The fourth-order valence-corrected chi connectivity index (χ4v) is 1.15. The van der Waals surface area contributed by atoms with Gasteiger partial charge in [0.25, 0.3) is 0 Å². The Morgan fingerprint density at radius 3 is 1.04 bits per heavy atom. The molecule has 0 saturated carbocycles. The highest BCUT2D eigenvalue weighted by Crippen LogP contribution is 2.15. The lowest BCUT2D eigenvalue weighted by Crippen LogP contribution is -2.42. The van der Waals surface area contributed by atoms with E-state index in [1.54, 1.807) is 0 Å². The number of aliphatic hydroxyl groups excluding tert-OH is 2. The standard InChI is InChI=1S/C6H8O7.C4H6O4.C4H10O2/c7-3(8)1-6(13,5(11)12)2-4(9)10;5-3(6)1-2-4(7)8;5-3-1-2-4-6/h13H,1-2H2,(H,7,8)(H,9,10)(H,11,12);1-2H2,(H,5,6)(H,7,8);5-6H,1-4H2. The van der Waals surface area contributed by atoms with E-state index in [0.717, 1.165) is 12.8 Å². The fraction of sp³-hybridized carbons (Fsp3) is 0.643.